The number of sulfonamides is 1. The molecular formula is C10H15N5O3S. The summed E-state index contributed by atoms with van der Waals surface area (Å²) in [5.74, 6) is 5.04. The van der Waals surface area contributed by atoms with Crippen molar-refractivity contribution in [2.45, 2.75) is 5.03 Å². The van der Waals surface area contributed by atoms with E-state index in [1.54, 1.807) is 13.1 Å². The molecule has 1 aliphatic rings. The average molecular weight is 285 g/mol. The van der Waals surface area contributed by atoms with Gasteiger partial charge < -0.3 is 10.3 Å². The summed E-state index contributed by atoms with van der Waals surface area (Å²) < 4.78 is 25.9. The van der Waals surface area contributed by atoms with Crippen LogP contribution < -0.4 is 11.3 Å². The smallest absolute Gasteiger partial charge is 0.263 e. The van der Waals surface area contributed by atoms with Crippen molar-refractivity contribution in [3.05, 3.63) is 18.3 Å². The molecule has 104 valence electrons. The number of nitrogen functional groups attached to an aromatic ring is 1. The SMILES string of the molecule is CN1CCN(S(=O)(=O)c2ncccc2NN)CC1=O. The normalized spacial score (nSPS) is 17.6. The minimum Gasteiger partial charge on any atom is -0.343 e. The number of nitrogens with one attached hydrogen (secondary N) is 1. The number of pyridine rings is 1. The Labute approximate surface area is 111 Å². The zero-order valence-electron chi connectivity index (χ0n) is 10.4. The Kier molecular flexibility index (Phi) is 3.69. The number of likely N-dealkylation sites (N-methyl/N-ethyl adjacent to an activating group) is 1. The summed E-state index contributed by atoms with van der Waals surface area (Å²) >= 11 is 0. The first kappa shape index (κ1) is 13.7. The fraction of sp³-hybridized carbons (Fsp3) is 0.400. The number of anilines is 1. The van der Waals surface area contributed by atoms with E-state index in [0.717, 1.165) is 4.31 Å². The zero-order chi connectivity index (χ0) is 14.0. The van der Waals surface area contributed by atoms with Crippen LogP contribution in [0.1, 0.15) is 0 Å². The molecule has 8 nitrogen and oxygen atoms in total. The van der Waals surface area contributed by atoms with Crippen LogP contribution in [-0.2, 0) is 14.8 Å². The maximum absolute atomic E-state index is 12.4. The van der Waals surface area contributed by atoms with Gasteiger partial charge in [-0.1, -0.05) is 0 Å². The summed E-state index contributed by atoms with van der Waals surface area (Å²) in [5, 5.41) is -0.171. The lowest BCUT2D eigenvalue weighted by Gasteiger charge is -2.31. The number of carbonyl (C=O) groups excluding carboxylic acids is 1. The van der Waals surface area contributed by atoms with E-state index in [1.165, 1.54) is 17.2 Å². The number of hydrogen-bond acceptors (Lipinski definition) is 6. The van der Waals surface area contributed by atoms with Gasteiger partial charge in [-0.05, 0) is 12.1 Å². The summed E-state index contributed by atoms with van der Waals surface area (Å²) in [6.45, 7) is 0.418. The van der Waals surface area contributed by atoms with Crippen LogP contribution in [0.2, 0.25) is 0 Å². The highest BCUT2D eigenvalue weighted by Crippen LogP contribution is 2.22. The van der Waals surface area contributed by atoms with Crippen molar-refractivity contribution < 1.29 is 13.2 Å². The Morgan fingerprint density at radius 1 is 1.42 bits per heavy atom. The van der Waals surface area contributed by atoms with Gasteiger partial charge in [0.2, 0.25) is 5.91 Å². The van der Waals surface area contributed by atoms with E-state index in [-0.39, 0.29) is 29.7 Å². The van der Waals surface area contributed by atoms with E-state index in [4.69, 9.17) is 5.84 Å². The van der Waals surface area contributed by atoms with Crippen molar-refractivity contribution in [1.82, 2.24) is 14.2 Å². The van der Waals surface area contributed by atoms with Gasteiger partial charge in [-0.2, -0.15) is 4.31 Å². The minimum absolute atomic E-state index is 0.171. The maximum Gasteiger partial charge on any atom is 0.263 e. The Morgan fingerprint density at radius 3 is 2.79 bits per heavy atom. The van der Waals surface area contributed by atoms with E-state index in [1.807, 2.05) is 0 Å². The summed E-state index contributed by atoms with van der Waals surface area (Å²) in [5.41, 5.74) is 2.50. The fourth-order valence-electron chi connectivity index (χ4n) is 1.77. The van der Waals surface area contributed by atoms with Crippen molar-refractivity contribution >= 4 is 21.6 Å². The third-order valence-electron chi connectivity index (χ3n) is 2.93. The predicted molar refractivity (Wildman–Crippen MR) is 68.4 cm³/mol. The number of hydrazine groups is 1. The second kappa shape index (κ2) is 5.11. The number of carbonyl (C=O) groups is 1. The molecule has 1 aromatic rings. The monoisotopic (exact) mass is 285 g/mol. The molecule has 0 aliphatic carbocycles. The zero-order valence-corrected chi connectivity index (χ0v) is 11.2. The van der Waals surface area contributed by atoms with Crippen LogP contribution in [0.5, 0.6) is 0 Å². The van der Waals surface area contributed by atoms with Crippen LogP contribution in [0.25, 0.3) is 0 Å². The molecule has 1 saturated heterocycles. The highest BCUT2D eigenvalue weighted by atomic mass is 32.2. The van der Waals surface area contributed by atoms with Crippen molar-refractivity contribution in [3.8, 4) is 0 Å². The Morgan fingerprint density at radius 2 is 2.16 bits per heavy atom. The fourth-order valence-corrected chi connectivity index (χ4v) is 3.22. The summed E-state index contributed by atoms with van der Waals surface area (Å²) in [4.78, 5) is 16.9. The molecule has 2 heterocycles. The van der Waals surface area contributed by atoms with Gasteiger partial charge in [-0.25, -0.2) is 13.4 Å². The number of rotatable bonds is 3. The Bertz CT molecular complexity index is 589. The van der Waals surface area contributed by atoms with Crippen LogP contribution in [-0.4, -0.2) is 55.2 Å². The summed E-state index contributed by atoms with van der Waals surface area (Å²) in [7, 11) is -2.19. The lowest BCUT2D eigenvalue weighted by atomic mass is 10.4. The molecule has 0 aromatic carbocycles. The standard InChI is InChI=1S/C10H15N5O3S/c1-14-5-6-15(7-9(14)16)19(17,18)10-8(13-11)3-2-4-12-10/h2-4,13H,5-7,11H2,1H3. The third-order valence-corrected chi connectivity index (χ3v) is 4.74. The van der Waals surface area contributed by atoms with Gasteiger partial charge in [-0.3, -0.25) is 10.6 Å². The Hall–Kier alpha value is -1.71. The number of aromatic nitrogens is 1. The molecule has 19 heavy (non-hydrogen) atoms. The van der Waals surface area contributed by atoms with Crippen molar-refractivity contribution in [2.75, 3.05) is 32.1 Å². The minimum atomic E-state index is -3.83. The van der Waals surface area contributed by atoms with Crippen molar-refractivity contribution in [2.24, 2.45) is 5.84 Å². The van der Waals surface area contributed by atoms with Gasteiger partial charge in [0, 0.05) is 26.3 Å². The first-order valence-corrected chi connectivity index (χ1v) is 7.06. The molecule has 0 radical (unpaired) electrons. The maximum atomic E-state index is 12.4. The molecule has 2 rings (SSSR count). The first-order valence-electron chi connectivity index (χ1n) is 5.62. The van der Waals surface area contributed by atoms with Crippen molar-refractivity contribution in [3.63, 3.8) is 0 Å². The Balaban J connectivity index is 2.35. The van der Waals surface area contributed by atoms with E-state index in [0.29, 0.717) is 6.54 Å². The highest BCUT2D eigenvalue weighted by Gasteiger charge is 2.33. The molecule has 0 bridgehead atoms. The first-order chi connectivity index (χ1) is 8.96. The second-order valence-electron chi connectivity index (χ2n) is 4.15. The van der Waals surface area contributed by atoms with Crippen LogP contribution in [0.15, 0.2) is 23.4 Å². The molecule has 9 heteroatoms. The number of hydrogen-bond donors (Lipinski definition) is 2. The number of nitrogens with two attached hydrogens (primary N) is 1. The molecule has 1 aromatic heterocycles. The molecule has 0 atom stereocenters. The predicted octanol–water partition coefficient (Wildman–Crippen LogP) is -1.17. The topological polar surface area (TPSA) is 109 Å². The molecule has 3 N–H and O–H groups in total. The average Bonchev–Trinajstić information content (AvgIpc) is 2.41. The number of amides is 1. The molecule has 1 fully saturated rings. The van der Waals surface area contributed by atoms with E-state index >= 15 is 0 Å². The number of nitrogens with zero attached hydrogens (tertiary/aromatic N) is 3. The molecule has 1 amide bonds. The lowest BCUT2D eigenvalue weighted by molar-refractivity contribution is -0.132. The lowest BCUT2D eigenvalue weighted by Crippen LogP contribution is -2.50. The quantitative estimate of drug-likeness (QED) is 0.535. The molecule has 0 unspecified atom stereocenters. The summed E-state index contributed by atoms with van der Waals surface area (Å²) in [6.07, 6.45) is 1.37. The van der Waals surface area contributed by atoms with Crippen LogP contribution in [0.3, 0.4) is 0 Å². The highest BCUT2D eigenvalue weighted by molar-refractivity contribution is 7.89. The third kappa shape index (κ3) is 2.53. The van der Waals surface area contributed by atoms with Crippen LogP contribution in [0.4, 0.5) is 5.69 Å². The molecular weight excluding hydrogens is 270 g/mol. The van der Waals surface area contributed by atoms with Gasteiger partial charge in [-0.15, -0.1) is 0 Å². The second-order valence-corrected chi connectivity index (χ2v) is 6.01. The van der Waals surface area contributed by atoms with Crippen LogP contribution in [0, 0.1) is 0 Å². The molecule has 0 saturated carbocycles. The largest absolute Gasteiger partial charge is 0.343 e. The van der Waals surface area contributed by atoms with Crippen molar-refractivity contribution in [1.29, 1.82) is 0 Å². The number of piperazine rings is 1. The molecule has 1 aliphatic heterocycles. The van der Waals surface area contributed by atoms with Gasteiger partial charge in [0.1, 0.15) is 0 Å². The van der Waals surface area contributed by atoms with Gasteiger partial charge in [0.15, 0.2) is 5.03 Å². The van der Waals surface area contributed by atoms with E-state index < -0.39 is 10.0 Å². The summed E-state index contributed by atoms with van der Waals surface area (Å²) in [6, 6.07) is 3.08. The van der Waals surface area contributed by atoms with Gasteiger partial charge in [0.05, 0.1) is 12.2 Å². The van der Waals surface area contributed by atoms with Gasteiger partial charge >= 0.3 is 0 Å². The van der Waals surface area contributed by atoms with E-state index in [2.05, 4.69) is 10.4 Å². The van der Waals surface area contributed by atoms with E-state index in [9.17, 15) is 13.2 Å². The van der Waals surface area contributed by atoms with Gasteiger partial charge in [0.25, 0.3) is 10.0 Å². The molecule has 0 spiro atoms. The van der Waals surface area contributed by atoms with Crippen LogP contribution >= 0.6 is 0 Å².